The molecule has 0 unspecified atom stereocenters. The van der Waals surface area contributed by atoms with Crippen molar-refractivity contribution in [3.63, 3.8) is 0 Å². The number of rotatable bonds is 4. The van der Waals surface area contributed by atoms with Gasteiger partial charge in [0, 0.05) is 0 Å². The zero-order chi connectivity index (χ0) is 8.81. The van der Waals surface area contributed by atoms with Gasteiger partial charge in [-0.3, -0.25) is 4.79 Å². The van der Waals surface area contributed by atoms with E-state index < -0.39 is 0 Å². The molecule has 0 saturated carbocycles. The van der Waals surface area contributed by atoms with E-state index in [4.69, 9.17) is 4.74 Å². The van der Waals surface area contributed by atoms with Crippen molar-refractivity contribution in [3.05, 3.63) is 36.4 Å². The van der Waals surface area contributed by atoms with Crippen molar-refractivity contribution in [2.75, 3.05) is 7.11 Å². The van der Waals surface area contributed by atoms with Crippen LogP contribution in [0.4, 0.5) is 0 Å². The quantitative estimate of drug-likeness (QED) is 0.673. The van der Waals surface area contributed by atoms with Crippen LogP contribution < -0.4 is 10.1 Å². The Kier molecular flexibility index (Phi) is 3.14. The van der Waals surface area contributed by atoms with E-state index in [0.29, 0.717) is 6.41 Å². The molecule has 0 aromatic heterocycles. The molecule has 63 valence electrons. The van der Waals surface area contributed by atoms with Crippen LogP contribution in [0, 0.1) is 6.54 Å². The summed E-state index contributed by atoms with van der Waals surface area (Å²) in [6.07, 6.45) is 0.629. The highest BCUT2D eigenvalue weighted by Crippen LogP contribution is 2.11. The van der Waals surface area contributed by atoms with Gasteiger partial charge in [0.25, 0.3) is 0 Å². The Morgan fingerprint density at radius 1 is 1.33 bits per heavy atom. The van der Waals surface area contributed by atoms with Crippen molar-refractivity contribution in [1.82, 2.24) is 5.32 Å². The maximum Gasteiger partial charge on any atom is 0.207 e. The van der Waals surface area contributed by atoms with E-state index in [1.807, 2.05) is 24.3 Å². The molecule has 1 radical (unpaired) electrons. The normalized spacial score (nSPS) is 9.08. The van der Waals surface area contributed by atoms with Gasteiger partial charge in [-0.25, -0.2) is 0 Å². The van der Waals surface area contributed by atoms with E-state index in [9.17, 15) is 4.79 Å². The van der Waals surface area contributed by atoms with Gasteiger partial charge in [0.05, 0.1) is 13.7 Å². The maximum atomic E-state index is 9.93. The SMILES string of the molecule is COc1ccc([CH]NC=O)cc1. The summed E-state index contributed by atoms with van der Waals surface area (Å²) < 4.78 is 4.97. The number of amides is 1. The van der Waals surface area contributed by atoms with Crippen LogP contribution >= 0.6 is 0 Å². The highest BCUT2D eigenvalue weighted by atomic mass is 16.5. The van der Waals surface area contributed by atoms with E-state index in [-0.39, 0.29) is 0 Å². The smallest absolute Gasteiger partial charge is 0.207 e. The number of carbonyl (C=O) groups excluding carboxylic acids is 1. The summed E-state index contributed by atoms with van der Waals surface area (Å²) >= 11 is 0. The van der Waals surface area contributed by atoms with Gasteiger partial charge in [-0.1, -0.05) is 12.1 Å². The second-order valence-electron chi connectivity index (χ2n) is 2.20. The summed E-state index contributed by atoms with van der Waals surface area (Å²) in [5.41, 5.74) is 0.933. The first kappa shape index (κ1) is 8.59. The van der Waals surface area contributed by atoms with E-state index in [0.717, 1.165) is 11.3 Å². The first-order valence-electron chi connectivity index (χ1n) is 3.54. The minimum Gasteiger partial charge on any atom is -0.497 e. The molecule has 0 spiro atoms. The molecule has 1 rings (SSSR count). The minimum atomic E-state index is 0.629. The van der Waals surface area contributed by atoms with Crippen molar-refractivity contribution in [2.24, 2.45) is 0 Å². The number of carbonyl (C=O) groups is 1. The van der Waals surface area contributed by atoms with Crippen molar-refractivity contribution in [1.29, 1.82) is 0 Å². The molecule has 0 aliphatic rings. The second kappa shape index (κ2) is 4.38. The number of ether oxygens (including phenoxy) is 1. The lowest BCUT2D eigenvalue weighted by Gasteiger charge is -2.01. The summed E-state index contributed by atoms with van der Waals surface area (Å²) in [7, 11) is 1.61. The minimum absolute atomic E-state index is 0.629. The monoisotopic (exact) mass is 164 g/mol. The Morgan fingerprint density at radius 3 is 2.50 bits per heavy atom. The molecule has 0 atom stereocenters. The highest BCUT2D eigenvalue weighted by molar-refractivity contribution is 5.49. The molecule has 0 heterocycles. The molecule has 1 amide bonds. The summed E-state index contributed by atoms with van der Waals surface area (Å²) in [6, 6.07) is 7.38. The van der Waals surface area contributed by atoms with E-state index in [1.54, 1.807) is 13.7 Å². The first-order valence-corrected chi connectivity index (χ1v) is 3.54. The van der Waals surface area contributed by atoms with E-state index >= 15 is 0 Å². The fraction of sp³-hybridized carbons (Fsp3) is 0.111. The highest BCUT2D eigenvalue weighted by Gasteiger charge is 1.92. The first-order chi connectivity index (χ1) is 5.86. The molecule has 1 N–H and O–H groups in total. The van der Waals surface area contributed by atoms with Crippen molar-refractivity contribution < 1.29 is 9.53 Å². The third-order valence-corrected chi connectivity index (χ3v) is 1.43. The van der Waals surface area contributed by atoms with Crippen LogP contribution in [0.3, 0.4) is 0 Å². The van der Waals surface area contributed by atoms with Crippen LogP contribution in [0.2, 0.25) is 0 Å². The fourth-order valence-corrected chi connectivity index (χ4v) is 0.830. The number of benzene rings is 1. The molecule has 3 nitrogen and oxygen atoms in total. The number of methoxy groups -OCH3 is 1. The molecule has 0 aliphatic carbocycles. The average molecular weight is 164 g/mol. The summed E-state index contributed by atoms with van der Waals surface area (Å²) in [6.45, 7) is 1.62. The topological polar surface area (TPSA) is 38.3 Å². The largest absolute Gasteiger partial charge is 0.497 e. The predicted molar refractivity (Wildman–Crippen MR) is 45.6 cm³/mol. The predicted octanol–water partition coefficient (Wildman–Crippen LogP) is 0.951. The zero-order valence-electron chi connectivity index (χ0n) is 6.78. The number of nitrogens with one attached hydrogen (secondary N) is 1. The maximum absolute atomic E-state index is 9.93. The molecule has 0 saturated heterocycles. The Hall–Kier alpha value is -1.51. The van der Waals surface area contributed by atoms with Gasteiger partial charge >= 0.3 is 0 Å². The van der Waals surface area contributed by atoms with Crippen molar-refractivity contribution >= 4 is 6.41 Å². The van der Waals surface area contributed by atoms with Crippen molar-refractivity contribution in [2.45, 2.75) is 0 Å². The average Bonchev–Trinajstić information content (AvgIpc) is 2.15. The van der Waals surface area contributed by atoms with E-state index in [1.165, 1.54) is 0 Å². The fourth-order valence-electron chi connectivity index (χ4n) is 0.830. The molecule has 0 aliphatic heterocycles. The Labute approximate surface area is 71.4 Å². The van der Waals surface area contributed by atoms with Crippen LogP contribution in [0.15, 0.2) is 24.3 Å². The number of hydrogen-bond donors (Lipinski definition) is 1. The van der Waals surface area contributed by atoms with Gasteiger partial charge in [-0.2, -0.15) is 0 Å². The van der Waals surface area contributed by atoms with Gasteiger partial charge in [0.15, 0.2) is 0 Å². The van der Waals surface area contributed by atoms with Crippen LogP contribution in [0.25, 0.3) is 0 Å². The summed E-state index contributed by atoms with van der Waals surface area (Å²) in [5.74, 6) is 0.804. The molecule has 1 aromatic rings. The Balaban J connectivity index is 2.58. The molecular weight excluding hydrogens is 154 g/mol. The Bertz CT molecular complexity index is 243. The van der Waals surface area contributed by atoms with Gasteiger partial charge in [0.1, 0.15) is 5.75 Å². The van der Waals surface area contributed by atoms with Gasteiger partial charge in [-0.15, -0.1) is 0 Å². The lowest BCUT2D eigenvalue weighted by atomic mass is 10.2. The molecule has 12 heavy (non-hydrogen) atoms. The van der Waals surface area contributed by atoms with E-state index in [2.05, 4.69) is 5.32 Å². The summed E-state index contributed by atoms with van der Waals surface area (Å²) in [4.78, 5) is 9.93. The third-order valence-electron chi connectivity index (χ3n) is 1.43. The molecule has 0 fully saturated rings. The van der Waals surface area contributed by atoms with Gasteiger partial charge in [0.2, 0.25) is 6.41 Å². The van der Waals surface area contributed by atoms with Crippen LogP contribution in [-0.4, -0.2) is 13.5 Å². The third kappa shape index (κ3) is 2.27. The van der Waals surface area contributed by atoms with Gasteiger partial charge < -0.3 is 10.1 Å². The molecule has 3 heteroatoms. The zero-order valence-corrected chi connectivity index (χ0v) is 6.78. The lowest BCUT2D eigenvalue weighted by molar-refractivity contribution is -0.108. The van der Waals surface area contributed by atoms with Gasteiger partial charge in [-0.05, 0) is 17.7 Å². The summed E-state index contributed by atoms with van der Waals surface area (Å²) in [5, 5.41) is 2.46. The number of hydrogen-bond acceptors (Lipinski definition) is 2. The molecular formula is C9H10NO2. The van der Waals surface area contributed by atoms with Crippen LogP contribution in [0.5, 0.6) is 5.75 Å². The standard InChI is InChI=1S/C9H10NO2/c1-12-9-4-2-8(3-5-9)6-10-7-11/h2-7H,1H3,(H,10,11). The Morgan fingerprint density at radius 2 is 2.00 bits per heavy atom. The molecule has 1 aromatic carbocycles. The molecule has 0 bridgehead atoms. The van der Waals surface area contributed by atoms with Crippen molar-refractivity contribution in [3.8, 4) is 5.75 Å². The van der Waals surface area contributed by atoms with Crippen LogP contribution in [-0.2, 0) is 4.79 Å². The van der Waals surface area contributed by atoms with Crippen LogP contribution in [0.1, 0.15) is 5.56 Å². The lowest BCUT2D eigenvalue weighted by Crippen LogP contribution is -2.06. The second-order valence-corrected chi connectivity index (χ2v) is 2.20.